The SMILES string of the molecule is O=C(Cc1ccccc1F)N1CCCC2(CCc3cn[nH]c32)C1. The minimum absolute atomic E-state index is 0.0159. The quantitative estimate of drug-likeness (QED) is 0.926. The van der Waals surface area contributed by atoms with Gasteiger partial charge in [0.25, 0.3) is 0 Å². The van der Waals surface area contributed by atoms with Crippen LogP contribution in [0.2, 0.25) is 0 Å². The molecule has 1 aromatic heterocycles. The second-order valence-electron chi connectivity index (χ2n) is 6.74. The number of H-pyrrole nitrogens is 1. The number of aryl methyl sites for hydroxylation is 1. The van der Waals surface area contributed by atoms with Crippen molar-refractivity contribution < 1.29 is 9.18 Å². The number of aromatic nitrogens is 2. The summed E-state index contributed by atoms with van der Waals surface area (Å²) in [5, 5.41) is 7.31. The van der Waals surface area contributed by atoms with Gasteiger partial charge in [-0.15, -0.1) is 0 Å². The van der Waals surface area contributed by atoms with Crippen molar-refractivity contribution >= 4 is 5.91 Å². The zero-order valence-electron chi connectivity index (χ0n) is 13.0. The van der Waals surface area contributed by atoms with E-state index in [1.54, 1.807) is 18.2 Å². The summed E-state index contributed by atoms with van der Waals surface area (Å²) < 4.78 is 13.8. The number of rotatable bonds is 2. The van der Waals surface area contributed by atoms with Crippen LogP contribution in [0.4, 0.5) is 4.39 Å². The summed E-state index contributed by atoms with van der Waals surface area (Å²) in [4.78, 5) is 14.6. The molecule has 4 nitrogen and oxygen atoms in total. The molecule has 1 aliphatic carbocycles. The van der Waals surface area contributed by atoms with Crippen LogP contribution in [0.1, 0.15) is 36.1 Å². The molecule has 1 atom stereocenters. The molecule has 1 aliphatic heterocycles. The predicted octanol–water partition coefficient (Wildman–Crippen LogP) is 2.60. The molecule has 4 rings (SSSR count). The van der Waals surface area contributed by atoms with E-state index in [1.165, 1.54) is 17.3 Å². The van der Waals surface area contributed by atoms with E-state index >= 15 is 0 Å². The number of halogens is 1. The summed E-state index contributed by atoms with van der Waals surface area (Å²) in [6.07, 6.45) is 6.22. The Balaban J connectivity index is 1.52. The van der Waals surface area contributed by atoms with Crippen LogP contribution in [0, 0.1) is 5.82 Å². The first-order valence-corrected chi connectivity index (χ1v) is 8.22. The van der Waals surface area contributed by atoms with Gasteiger partial charge in [0.1, 0.15) is 5.82 Å². The maximum absolute atomic E-state index is 13.8. The molecule has 0 radical (unpaired) electrons. The third kappa shape index (κ3) is 2.44. The minimum Gasteiger partial charge on any atom is -0.341 e. The maximum atomic E-state index is 13.8. The first kappa shape index (κ1) is 14.4. The number of hydrogen-bond acceptors (Lipinski definition) is 2. The van der Waals surface area contributed by atoms with Crippen LogP contribution >= 0.6 is 0 Å². The standard InChI is InChI=1S/C18H20FN3O/c19-15-5-2-1-4-13(15)10-16(23)22-9-3-7-18(12-22)8-6-14-11-20-21-17(14)18/h1-2,4-5,11H,3,6-10,12H2,(H,20,21). The van der Waals surface area contributed by atoms with E-state index in [2.05, 4.69) is 10.2 Å². The number of carbonyl (C=O) groups excluding carboxylic acids is 1. The van der Waals surface area contributed by atoms with Crippen LogP contribution in [-0.2, 0) is 23.1 Å². The number of fused-ring (bicyclic) bond motifs is 2. The van der Waals surface area contributed by atoms with Crippen LogP contribution in [0.5, 0.6) is 0 Å². The Morgan fingerprint density at radius 3 is 3.09 bits per heavy atom. The molecular formula is C18H20FN3O. The number of amides is 1. The van der Waals surface area contributed by atoms with Gasteiger partial charge in [-0.05, 0) is 42.9 Å². The fraction of sp³-hybridized carbons (Fsp3) is 0.444. The lowest BCUT2D eigenvalue weighted by Crippen LogP contribution is -2.48. The van der Waals surface area contributed by atoms with Gasteiger partial charge in [-0.2, -0.15) is 5.10 Å². The van der Waals surface area contributed by atoms with Crippen LogP contribution < -0.4 is 0 Å². The van der Waals surface area contributed by atoms with E-state index in [0.29, 0.717) is 5.56 Å². The molecule has 2 aliphatic rings. The van der Waals surface area contributed by atoms with Crippen molar-refractivity contribution in [3.8, 4) is 0 Å². The van der Waals surface area contributed by atoms with E-state index in [-0.39, 0.29) is 23.6 Å². The topological polar surface area (TPSA) is 49.0 Å². The summed E-state index contributed by atoms with van der Waals surface area (Å²) >= 11 is 0. The zero-order chi connectivity index (χ0) is 15.9. The number of carbonyl (C=O) groups is 1. The van der Waals surface area contributed by atoms with Gasteiger partial charge >= 0.3 is 0 Å². The molecule has 1 unspecified atom stereocenters. The molecule has 1 fully saturated rings. The summed E-state index contributed by atoms with van der Waals surface area (Å²) in [6, 6.07) is 6.53. The van der Waals surface area contributed by atoms with Gasteiger partial charge in [0.15, 0.2) is 0 Å². The van der Waals surface area contributed by atoms with Gasteiger partial charge < -0.3 is 4.90 Å². The van der Waals surface area contributed by atoms with Crippen molar-refractivity contribution in [1.29, 1.82) is 0 Å². The van der Waals surface area contributed by atoms with Crippen LogP contribution in [0.15, 0.2) is 30.5 Å². The van der Waals surface area contributed by atoms with Crippen molar-refractivity contribution in [2.75, 3.05) is 13.1 Å². The van der Waals surface area contributed by atoms with Crippen LogP contribution in [0.25, 0.3) is 0 Å². The lowest BCUT2D eigenvalue weighted by atomic mass is 9.77. The first-order chi connectivity index (χ1) is 11.2. The molecule has 1 spiro atoms. The van der Waals surface area contributed by atoms with E-state index < -0.39 is 0 Å². The summed E-state index contributed by atoms with van der Waals surface area (Å²) in [6.45, 7) is 1.48. The molecule has 2 aromatic rings. The number of benzene rings is 1. The second-order valence-corrected chi connectivity index (χ2v) is 6.74. The number of aromatic amines is 1. The van der Waals surface area contributed by atoms with Gasteiger partial charge in [0.05, 0.1) is 12.6 Å². The minimum atomic E-state index is -0.302. The average molecular weight is 313 g/mol. The molecule has 5 heteroatoms. The van der Waals surface area contributed by atoms with E-state index in [9.17, 15) is 9.18 Å². The third-order valence-electron chi connectivity index (χ3n) is 5.35. The van der Waals surface area contributed by atoms with Crippen LogP contribution in [-0.4, -0.2) is 34.1 Å². The highest BCUT2D eigenvalue weighted by molar-refractivity contribution is 5.79. The molecule has 1 N–H and O–H groups in total. The predicted molar refractivity (Wildman–Crippen MR) is 84.5 cm³/mol. The first-order valence-electron chi connectivity index (χ1n) is 8.22. The Morgan fingerprint density at radius 2 is 2.22 bits per heavy atom. The molecule has 0 saturated carbocycles. The molecule has 23 heavy (non-hydrogen) atoms. The monoisotopic (exact) mass is 313 g/mol. The maximum Gasteiger partial charge on any atom is 0.227 e. The fourth-order valence-corrected chi connectivity index (χ4v) is 4.13. The molecule has 1 aromatic carbocycles. The Kier molecular flexibility index (Phi) is 3.43. The Hall–Kier alpha value is -2.17. The lowest BCUT2D eigenvalue weighted by Gasteiger charge is -2.40. The second kappa shape index (κ2) is 5.48. The van der Waals surface area contributed by atoms with Crippen molar-refractivity contribution in [3.05, 3.63) is 53.1 Å². The highest BCUT2D eigenvalue weighted by Gasteiger charge is 2.44. The number of piperidine rings is 1. The number of nitrogens with zero attached hydrogens (tertiary/aromatic N) is 2. The molecule has 120 valence electrons. The highest BCUT2D eigenvalue weighted by Crippen LogP contribution is 2.43. The van der Waals surface area contributed by atoms with Crippen molar-refractivity contribution in [3.63, 3.8) is 0 Å². The summed E-state index contributed by atoms with van der Waals surface area (Å²) in [7, 11) is 0. The molecule has 1 amide bonds. The Morgan fingerprint density at radius 1 is 1.35 bits per heavy atom. The largest absolute Gasteiger partial charge is 0.341 e. The summed E-state index contributed by atoms with van der Waals surface area (Å²) in [5.41, 5.74) is 3.00. The van der Waals surface area contributed by atoms with Crippen molar-refractivity contribution in [1.82, 2.24) is 15.1 Å². The normalized spacial score (nSPS) is 23.3. The molecule has 2 heterocycles. The van der Waals surface area contributed by atoms with Crippen molar-refractivity contribution in [2.24, 2.45) is 0 Å². The number of likely N-dealkylation sites (tertiary alicyclic amines) is 1. The van der Waals surface area contributed by atoms with E-state index in [4.69, 9.17) is 0 Å². The highest BCUT2D eigenvalue weighted by atomic mass is 19.1. The van der Waals surface area contributed by atoms with Gasteiger partial charge in [0.2, 0.25) is 5.91 Å². The summed E-state index contributed by atoms with van der Waals surface area (Å²) in [5.74, 6) is -0.286. The van der Waals surface area contributed by atoms with Crippen LogP contribution in [0.3, 0.4) is 0 Å². The molecule has 1 saturated heterocycles. The number of hydrogen-bond donors (Lipinski definition) is 1. The van der Waals surface area contributed by atoms with Gasteiger partial charge in [-0.25, -0.2) is 4.39 Å². The Bertz CT molecular complexity index is 741. The average Bonchev–Trinajstić information content (AvgIpc) is 3.15. The van der Waals surface area contributed by atoms with E-state index in [1.807, 2.05) is 11.1 Å². The van der Waals surface area contributed by atoms with Gasteiger partial charge in [0, 0.05) is 24.2 Å². The lowest BCUT2D eigenvalue weighted by molar-refractivity contribution is -0.132. The smallest absolute Gasteiger partial charge is 0.227 e. The van der Waals surface area contributed by atoms with Crippen molar-refractivity contribution in [2.45, 2.75) is 37.5 Å². The van der Waals surface area contributed by atoms with Gasteiger partial charge in [-0.1, -0.05) is 18.2 Å². The fourth-order valence-electron chi connectivity index (χ4n) is 4.13. The molecular weight excluding hydrogens is 293 g/mol. The number of nitrogens with one attached hydrogen (secondary N) is 1. The molecule has 0 bridgehead atoms. The zero-order valence-corrected chi connectivity index (χ0v) is 13.0. The Labute approximate surface area is 134 Å². The van der Waals surface area contributed by atoms with E-state index in [0.717, 1.165) is 38.8 Å². The third-order valence-corrected chi connectivity index (χ3v) is 5.35. The van der Waals surface area contributed by atoms with Gasteiger partial charge in [-0.3, -0.25) is 9.89 Å².